The molecule has 3 rings (SSSR count). The van der Waals surface area contributed by atoms with Crippen molar-refractivity contribution in [3.63, 3.8) is 0 Å². The van der Waals surface area contributed by atoms with Gasteiger partial charge < -0.3 is 20.8 Å². The molecule has 3 heterocycles. The number of rotatable bonds is 4. The highest BCUT2D eigenvalue weighted by Crippen LogP contribution is 2.25. The van der Waals surface area contributed by atoms with E-state index in [9.17, 15) is 4.79 Å². The number of ether oxygens (including phenoxy) is 1. The molecule has 0 aromatic carbocycles. The minimum atomic E-state index is -0.508. The second-order valence-electron chi connectivity index (χ2n) is 6.04. The number of hydrogen-bond donors (Lipinski definition) is 4. The van der Waals surface area contributed by atoms with E-state index in [1.54, 1.807) is 20.0 Å². The van der Waals surface area contributed by atoms with E-state index < -0.39 is 5.91 Å². The zero-order chi connectivity index (χ0) is 18.0. The Kier molecular flexibility index (Phi) is 4.67. The monoisotopic (exact) mass is 339 g/mol. The van der Waals surface area contributed by atoms with Crippen molar-refractivity contribution in [1.29, 1.82) is 5.41 Å². The van der Waals surface area contributed by atoms with Gasteiger partial charge in [0.2, 0.25) is 0 Å². The lowest BCUT2D eigenvalue weighted by Crippen LogP contribution is -2.24. The molecule has 5 N–H and O–H groups in total. The van der Waals surface area contributed by atoms with Crippen LogP contribution in [0.1, 0.15) is 26.0 Å². The number of anilines is 1. The summed E-state index contributed by atoms with van der Waals surface area (Å²) < 4.78 is 5.33. The van der Waals surface area contributed by atoms with Crippen LogP contribution in [0.4, 0.5) is 5.69 Å². The Morgan fingerprint density at radius 1 is 1.40 bits per heavy atom. The molecule has 0 bridgehead atoms. The fraction of sp³-hybridized carbons (Fsp3) is 0.278. The fourth-order valence-corrected chi connectivity index (χ4v) is 2.59. The predicted octanol–water partition coefficient (Wildman–Crippen LogP) is 2.58. The van der Waals surface area contributed by atoms with Gasteiger partial charge in [-0.2, -0.15) is 0 Å². The molecule has 25 heavy (non-hydrogen) atoms. The van der Waals surface area contributed by atoms with Gasteiger partial charge in [0, 0.05) is 16.8 Å². The number of hydrogen-bond acceptors (Lipinski definition) is 5. The summed E-state index contributed by atoms with van der Waals surface area (Å²) in [6.07, 6.45) is 4.49. The lowest BCUT2D eigenvalue weighted by molar-refractivity contribution is -0.110. The van der Waals surface area contributed by atoms with Gasteiger partial charge in [-0.3, -0.25) is 10.2 Å². The zero-order valence-corrected chi connectivity index (χ0v) is 14.3. The number of aromatic amines is 1. The summed E-state index contributed by atoms with van der Waals surface area (Å²) in [6.45, 7) is 4.65. The molecule has 1 aliphatic heterocycles. The van der Waals surface area contributed by atoms with Crippen LogP contribution in [0.5, 0.6) is 0 Å². The van der Waals surface area contributed by atoms with Gasteiger partial charge in [-0.05, 0) is 43.5 Å². The van der Waals surface area contributed by atoms with Gasteiger partial charge in [0.05, 0.1) is 25.1 Å². The molecule has 0 spiro atoms. The number of aromatic nitrogens is 2. The molecular weight excluding hydrogens is 318 g/mol. The molecule has 0 unspecified atom stereocenters. The largest absolute Gasteiger partial charge is 0.402 e. The lowest BCUT2D eigenvalue weighted by Gasteiger charge is -2.11. The van der Waals surface area contributed by atoms with E-state index in [1.165, 1.54) is 5.57 Å². The van der Waals surface area contributed by atoms with Gasteiger partial charge in [-0.15, -0.1) is 0 Å². The molecule has 1 aliphatic rings. The first-order valence-electron chi connectivity index (χ1n) is 8.05. The first-order chi connectivity index (χ1) is 12.0. The third kappa shape index (κ3) is 3.61. The average molecular weight is 339 g/mol. The van der Waals surface area contributed by atoms with Gasteiger partial charge in [-0.1, -0.05) is 6.08 Å². The molecule has 0 saturated heterocycles. The van der Waals surface area contributed by atoms with Gasteiger partial charge in [0.1, 0.15) is 11.4 Å². The molecule has 0 atom stereocenters. The van der Waals surface area contributed by atoms with Crippen molar-refractivity contribution in [2.24, 2.45) is 5.73 Å². The van der Waals surface area contributed by atoms with Crippen LogP contribution >= 0.6 is 0 Å². The average Bonchev–Trinajstić information content (AvgIpc) is 3.04. The quantitative estimate of drug-likeness (QED) is 0.640. The number of carbonyl (C=O) groups is 1. The minimum Gasteiger partial charge on any atom is -0.402 e. The van der Waals surface area contributed by atoms with E-state index in [0.29, 0.717) is 30.2 Å². The number of carbonyl (C=O) groups excluding carboxylic acids is 1. The number of allylic oxidation sites excluding steroid dienone is 1. The van der Waals surface area contributed by atoms with Crippen molar-refractivity contribution in [3.8, 4) is 0 Å². The summed E-state index contributed by atoms with van der Waals surface area (Å²) in [5, 5.41) is 11.5. The summed E-state index contributed by atoms with van der Waals surface area (Å²) in [5.41, 5.74) is 9.92. The summed E-state index contributed by atoms with van der Waals surface area (Å²) in [6, 6.07) is 3.84. The third-order valence-electron chi connectivity index (χ3n) is 4.23. The van der Waals surface area contributed by atoms with Crippen LogP contribution in [0.25, 0.3) is 16.6 Å². The van der Waals surface area contributed by atoms with Crippen molar-refractivity contribution in [3.05, 3.63) is 41.4 Å². The van der Waals surface area contributed by atoms with Crippen molar-refractivity contribution in [2.45, 2.75) is 20.3 Å². The summed E-state index contributed by atoms with van der Waals surface area (Å²) in [7, 11) is 0. The van der Waals surface area contributed by atoms with Crippen LogP contribution in [0.2, 0.25) is 0 Å². The molecule has 0 aliphatic carbocycles. The van der Waals surface area contributed by atoms with E-state index in [1.807, 2.05) is 12.1 Å². The number of nitrogens with one attached hydrogen (secondary N) is 3. The first kappa shape index (κ1) is 16.9. The maximum atomic E-state index is 12.2. The van der Waals surface area contributed by atoms with E-state index in [2.05, 4.69) is 21.4 Å². The minimum absolute atomic E-state index is 0.151. The molecule has 0 saturated carbocycles. The number of amides is 1. The van der Waals surface area contributed by atoms with Gasteiger partial charge in [0.25, 0.3) is 5.91 Å². The normalized spacial score (nSPS) is 15.5. The second-order valence-corrected chi connectivity index (χ2v) is 6.04. The topological polar surface area (TPSA) is 117 Å². The summed E-state index contributed by atoms with van der Waals surface area (Å²) in [4.78, 5) is 19.8. The highest BCUT2D eigenvalue weighted by atomic mass is 16.5. The Balaban J connectivity index is 1.82. The Morgan fingerprint density at radius 2 is 2.20 bits per heavy atom. The Bertz CT molecular complexity index is 903. The highest BCUT2D eigenvalue weighted by Gasteiger charge is 2.14. The van der Waals surface area contributed by atoms with Crippen molar-refractivity contribution < 1.29 is 9.53 Å². The van der Waals surface area contributed by atoms with E-state index in [-0.39, 0.29) is 5.71 Å². The summed E-state index contributed by atoms with van der Waals surface area (Å²) >= 11 is 0. The maximum absolute atomic E-state index is 12.2. The van der Waals surface area contributed by atoms with Gasteiger partial charge in [0.15, 0.2) is 0 Å². The molecule has 7 nitrogen and oxygen atoms in total. The Morgan fingerprint density at radius 3 is 2.88 bits per heavy atom. The van der Waals surface area contributed by atoms with Crippen molar-refractivity contribution >= 4 is 33.9 Å². The standard InChI is InChI=1S/C18H21N5O2/c1-10(11(2)19)16(20)18(24)22-14-7-13-8-15(23-17(13)21-9-14)12-3-5-25-6-4-12/h3,7-9,20H,4-6,19H2,1-2H3,(H,21,23)(H,22,24)/b11-10-,20-16?. The molecule has 2 aromatic heterocycles. The van der Waals surface area contributed by atoms with Crippen LogP contribution < -0.4 is 11.1 Å². The molecule has 1 amide bonds. The number of fused-ring (bicyclic) bond motifs is 1. The second kappa shape index (κ2) is 6.90. The lowest BCUT2D eigenvalue weighted by atomic mass is 10.1. The van der Waals surface area contributed by atoms with E-state index in [4.69, 9.17) is 15.9 Å². The maximum Gasteiger partial charge on any atom is 0.273 e. The smallest absolute Gasteiger partial charge is 0.273 e. The van der Waals surface area contributed by atoms with Crippen LogP contribution in [0, 0.1) is 5.41 Å². The van der Waals surface area contributed by atoms with Crippen molar-refractivity contribution in [2.75, 3.05) is 18.5 Å². The van der Waals surface area contributed by atoms with Crippen LogP contribution in [-0.4, -0.2) is 34.8 Å². The Labute approximate surface area is 145 Å². The molecule has 0 radical (unpaired) electrons. The van der Waals surface area contributed by atoms with E-state index >= 15 is 0 Å². The van der Waals surface area contributed by atoms with Gasteiger partial charge >= 0.3 is 0 Å². The number of nitrogens with zero attached hydrogens (tertiary/aromatic N) is 1. The summed E-state index contributed by atoms with van der Waals surface area (Å²) in [5.74, 6) is -0.508. The zero-order valence-electron chi connectivity index (χ0n) is 14.3. The molecule has 2 aromatic rings. The van der Waals surface area contributed by atoms with Crippen LogP contribution in [-0.2, 0) is 9.53 Å². The SMILES string of the molecule is C/C(N)=C(\C)C(=N)C(=O)Nc1cnc2[nH]c(C3=CCOCC3)cc2c1. The first-order valence-corrected chi connectivity index (χ1v) is 8.05. The molecular formula is C18H21N5O2. The van der Waals surface area contributed by atoms with Crippen molar-refractivity contribution in [1.82, 2.24) is 9.97 Å². The Hall–Kier alpha value is -2.93. The highest BCUT2D eigenvalue weighted by molar-refractivity contribution is 6.47. The van der Waals surface area contributed by atoms with E-state index in [0.717, 1.165) is 23.1 Å². The van der Waals surface area contributed by atoms with Crippen LogP contribution in [0.15, 0.2) is 35.7 Å². The predicted molar refractivity (Wildman–Crippen MR) is 98.4 cm³/mol. The molecule has 130 valence electrons. The fourth-order valence-electron chi connectivity index (χ4n) is 2.59. The number of pyridine rings is 1. The number of H-pyrrole nitrogens is 1. The van der Waals surface area contributed by atoms with Gasteiger partial charge in [-0.25, -0.2) is 4.98 Å². The van der Waals surface area contributed by atoms with Crippen LogP contribution in [0.3, 0.4) is 0 Å². The third-order valence-corrected chi connectivity index (χ3v) is 4.23. The molecule has 7 heteroatoms. The molecule has 0 fully saturated rings. The number of nitrogens with two attached hydrogens (primary N) is 1.